The minimum atomic E-state index is -0.0356. The van der Waals surface area contributed by atoms with Gasteiger partial charge in [0.05, 0.1) is 18.1 Å². The molecule has 0 aliphatic rings. The quantitative estimate of drug-likeness (QED) is 0.590. The van der Waals surface area contributed by atoms with Crippen molar-refractivity contribution in [3.05, 3.63) is 54.3 Å². The molecule has 7 heteroatoms. The number of amides is 1. The van der Waals surface area contributed by atoms with Gasteiger partial charge in [0.25, 0.3) is 0 Å². The van der Waals surface area contributed by atoms with Crippen molar-refractivity contribution >= 4 is 17.7 Å². The maximum Gasteiger partial charge on any atom is 0.230 e. The SMILES string of the molecule is CC(C)Cn1c(SCC(=O)NC(C)c2ccccc2)nnc1-c1ccco1. The van der Waals surface area contributed by atoms with Crippen molar-refractivity contribution in [2.24, 2.45) is 5.92 Å². The highest BCUT2D eigenvalue weighted by Crippen LogP contribution is 2.25. The van der Waals surface area contributed by atoms with E-state index in [4.69, 9.17) is 4.42 Å². The molecule has 0 saturated carbocycles. The lowest BCUT2D eigenvalue weighted by Crippen LogP contribution is -2.28. The molecule has 0 radical (unpaired) electrons. The van der Waals surface area contributed by atoms with Gasteiger partial charge in [0, 0.05) is 6.54 Å². The van der Waals surface area contributed by atoms with Crippen LogP contribution in [-0.2, 0) is 11.3 Å². The van der Waals surface area contributed by atoms with E-state index in [0.29, 0.717) is 17.5 Å². The van der Waals surface area contributed by atoms with Gasteiger partial charge >= 0.3 is 0 Å². The molecule has 3 rings (SSSR count). The number of benzene rings is 1. The summed E-state index contributed by atoms with van der Waals surface area (Å²) in [6.07, 6.45) is 1.62. The van der Waals surface area contributed by atoms with Gasteiger partial charge in [-0.05, 0) is 30.5 Å². The Balaban J connectivity index is 1.66. The molecule has 2 heterocycles. The van der Waals surface area contributed by atoms with Crippen LogP contribution < -0.4 is 5.32 Å². The van der Waals surface area contributed by atoms with Crippen molar-refractivity contribution in [2.45, 2.75) is 38.5 Å². The zero-order valence-electron chi connectivity index (χ0n) is 15.8. The lowest BCUT2D eigenvalue weighted by Gasteiger charge is -2.14. The van der Waals surface area contributed by atoms with Crippen molar-refractivity contribution in [3.8, 4) is 11.6 Å². The summed E-state index contributed by atoms with van der Waals surface area (Å²) >= 11 is 1.39. The molecule has 1 N–H and O–H groups in total. The summed E-state index contributed by atoms with van der Waals surface area (Å²) in [5, 5.41) is 12.3. The van der Waals surface area contributed by atoms with E-state index in [1.807, 2.05) is 54.0 Å². The van der Waals surface area contributed by atoms with Crippen molar-refractivity contribution in [1.29, 1.82) is 0 Å². The first-order chi connectivity index (χ1) is 13.0. The Morgan fingerprint density at radius 3 is 2.59 bits per heavy atom. The maximum absolute atomic E-state index is 12.4. The molecule has 0 aliphatic heterocycles. The topological polar surface area (TPSA) is 73.0 Å². The molecular weight excluding hydrogens is 360 g/mol. The average Bonchev–Trinajstić information content (AvgIpc) is 3.30. The van der Waals surface area contributed by atoms with E-state index in [0.717, 1.165) is 17.3 Å². The summed E-state index contributed by atoms with van der Waals surface area (Å²) in [4.78, 5) is 12.4. The lowest BCUT2D eigenvalue weighted by molar-refractivity contribution is -0.119. The van der Waals surface area contributed by atoms with Gasteiger partial charge in [0.2, 0.25) is 5.91 Å². The van der Waals surface area contributed by atoms with Crippen LogP contribution in [0.1, 0.15) is 32.4 Å². The molecule has 142 valence electrons. The Morgan fingerprint density at radius 2 is 1.93 bits per heavy atom. The molecule has 0 aliphatic carbocycles. The highest BCUT2D eigenvalue weighted by Gasteiger charge is 2.18. The summed E-state index contributed by atoms with van der Waals surface area (Å²) in [6.45, 7) is 7.00. The molecule has 0 bridgehead atoms. The predicted octanol–water partition coefficient (Wildman–Crippen LogP) is 4.16. The number of carbonyl (C=O) groups excluding carboxylic acids is 1. The number of hydrogen-bond acceptors (Lipinski definition) is 5. The molecule has 0 fully saturated rings. The first-order valence-corrected chi connectivity index (χ1v) is 9.97. The van der Waals surface area contributed by atoms with Gasteiger partial charge in [-0.25, -0.2) is 0 Å². The summed E-state index contributed by atoms with van der Waals surface area (Å²) < 4.78 is 7.49. The Labute approximate surface area is 163 Å². The van der Waals surface area contributed by atoms with Gasteiger partial charge in [0.15, 0.2) is 16.7 Å². The lowest BCUT2D eigenvalue weighted by atomic mass is 10.1. The fraction of sp³-hybridized carbons (Fsp3) is 0.350. The summed E-state index contributed by atoms with van der Waals surface area (Å²) in [7, 11) is 0. The van der Waals surface area contributed by atoms with Gasteiger partial charge in [0.1, 0.15) is 0 Å². The smallest absolute Gasteiger partial charge is 0.230 e. The maximum atomic E-state index is 12.4. The highest BCUT2D eigenvalue weighted by atomic mass is 32.2. The number of nitrogens with zero attached hydrogens (tertiary/aromatic N) is 3. The second-order valence-electron chi connectivity index (χ2n) is 6.78. The molecule has 1 unspecified atom stereocenters. The van der Waals surface area contributed by atoms with Crippen LogP contribution in [0.15, 0.2) is 58.3 Å². The van der Waals surface area contributed by atoms with Crippen LogP contribution in [-0.4, -0.2) is 26.4 Å². The molecule has 2 aromatic heterocycles. The van der Waals surface area contributed by atoms with E-state index in [-0.39, 0.29) is 17.7 Å². The van der Waals surface area contributed by atoms with Gasteiger partial charge < -0.3 is 9.73 Å². The van der Waals surface area contributed by atoms with Gasteiger partial charge in [-0.3, -0.25) is 9.36 Å². The zero-order valence-corrected chi connectivity index (χ0v) is 16.6. The second-order valence-corrected chi connectivity index (χ2v) is 7.72. The summed E-state index contributed by atoms with van der Waals surface area (Å²) in [5.74, 6) is 2.04. The van der Waals surface area contributed by atoms with E-state index < -0.39 is 0 Å². The van der Waals surface area contributed by atoms with E-state index in [1.165, 1.54) is 11.8 Å². The third kappa shape index (κ3) is 5.01. The molecule has 1 aromatic carbocycles. The first-order valence-electron chi connectivity index (χ1n) is 8.98. The van der Waals surface area contributed by atoms with Gasteiger partial charge in [-0.1, -0.05) is 55.9 Å². The molecule has 0 saturated heterocycles. The Bertz CT molecular complexity index is 860. The van der Waals surface area contributed by atoms with Crippen LogP contribution in [0.25, 0.3) is 11.6 Å². The monoisotopic (exact) mass is 384 g/mol. The van der Waals surface area contributed by atoms with Crippen LogP contribution in [0, 0.1) is 5.92 Å². The fourth-order valence-corrected chi connectivity index (χ4v) is 3.51. The Morgan fingerprint density at radius 1 is 1.15 bits per heavy atom. The van der Waals surface area contributed by atoms with E-state index in [9.17, 15) is 4.79 Å². The van der Waals surface area contributed by atoms with Crippen molar-refractivity contribution in [3.63, 3.8) is 0 Å². The van der Waals surface area contributed by atoms with Crippen LogP contribution in [0.2, 0.25) is 0 Å². The minimum Gasteiger partial charge on any atom is -0.461 e. The number of carbonyl (C=O) groups is 1. The zero-order chi connectivity index (χ0) is 19.2. The first kappa shape index (κ1) is 19.2. The number of hydrogen-bond donors (Lipinski definition) is 1. The Kier molecular flexibility index (Phi) is 6.34. The molecular formula is C20H24N4O2S. The van der Waals surface area contributed by atoms with E-state index in [2.05, 4.69) is 29.4 Å². The summed E-state index contributed by atoms with van der Waals surface area (Å²) in [5.41, 5.74) is 1.08. The van der Waals surface area contributed by atoms with E-state index in [1.54, 1.807) is 6.26 Å². The number of furan rings is 1. The minimum absolute atomic E-state index is 0.0324. The van der Waals surface area contributed by atoms with Crippen molar-refractivity contribution in [2.75, 3.05) is 5.75 Å². The number of thioether (sulfide) groups is 1. The van der Waals surface area contributed by atoms with Crippen molar-refractivity contribution < 1.29 is 9.21 Å². The normalized spacial score (nSPS) is 12.3. The van der Waals surface area contributed by atoms with Crippen molar-refractivity contribution in [1.82, 2.24) is 20.1 Å². The molecule has 0 spiro atoms. The number of nitrogens with one attached hydrogen (secondary N) is 1. The molecule has 6 nitrogen and oxygen atoms in total. The third-order valence-corrected chi connectivity index (χ3v) is 4.98. The van der Waals surface area contributed by atoms with E-state index >= 15 is 0 Å². The third-order valence-electron chi connectivity index (χ3n) is 4.02. The highest BCUT2D eigenvalue weighted by molar-refractivity contribution is 7.99. The molecule has 1 atom stereocenters. The fourth-order valence-electron chi connectivity index (χ4n) is 2.75. The molecule has 27 heavy (non-hydrogen) atoms. The predicted molar refractivity (Wildman–Crippen MR) is 106 cm³/mol. The standard InChI is InChI=1S/C20H24N4O2S/c1-14(2)12-24-19(17-10-7-11-26-17)22-23-20(24)27-13-18(25)21-15(3)16-8-5-4-6-9-16/h4-11,14-15H,12-13H2,1-3H3,(H,21,25). The summed E-state index contributed by atoms with van der Waals surface area (Å²) in [6, 6.07) is 13.6. The van der Waals surface area contributed by atoms with Crippen LogP contribution >= 0.6 is 11.8 Å². The average molecular weight is 385 g/mol. The van der Waals surface area contributed by atoms with Gasteiger partial charge in [-0.15, -0.1) is 10.2 Å². The molecule has 1 amide bonds. The second kappa shape index (κ2) is 8.90. The van der Waals surface area contributed by atoms with Gasteiger partial charge in [-0.2, -0.15) is 0 Å². The van der Waals surface area contributed by atoms with Crippen LogP contribution in [0.4, 0.5) is 0 Å². The number of aromatic nitrogens is 3. The number of rotatable bonds is 8. The van der Waals surface area contributed by atoms with Crippen LogP contribution in [0.5, 0.6) is 0 Å². The van der Waals surface area contributed by atoms with Crippen LogP contribution in [0.3, 0.4) is 0 Å². The molecule has 3 aromatic rings. The largest absolute Gasteiger partial charge is 0.461 e. The Hall–Kier alpha value is -2.54.